The van der Waals surface area contributed by atoms with Crippen molar-refractivity contribution in [2.24, 2.45) is 0 Å². The van der Waals surface area contributed by atoms with Crippen LogP contribution in [0.3, 0.4) is 0 Å². The van der Waals surface area contributed by atoms with Crippen LogP contribution in [0, 0.1) is 0 Å². The zero-order chi connectivity index (χ0) is 11.3. The number of rotatable bonds is 3. The molecule has 4 heteroatoms. The predicted molar refractivity (Wildman–Crippen MR) is 53.6 cm³/mol. The largest absolute Gasteiger partial charge is 0.545 e. The zero-order valence-corrected chi connectivity index (χ0v) is 8.99. The van der Waals surface area contributed by atoms with Gasteiger partial charge in [-0.1, -0.05) is 13.3 Å². The maximum absolute atomic E-state index is 11.6. The smallest absolute Gasteiger partial charge is 0.226 e. The molecule has 1 fully saturated rings. The van der Waals surface area contributed by atoms with Crippen molar-refractivity contribution in [3.8, 4) is 0 Å². The van der Waals surface area contributed by atoms with Gasteiger partial charge in [-0.15, -0.1) is 0 Å². The van der Waals surface area contributed by atoms with Crippen molar-refractivity contribution < 1.29 is 14.7 Å². The number of carboxylic acid groups (broad SMARTS) is 1. The van der Waals surface area contributed by atoms with Crippen molar-refractivity contribution in [2.45, 2.75) is 39.0 Å². The highest BCUT2D eigenvalue weighted by atomic mass is 16.4. The van der Waals surface area contributed by atoms with E-state index in [4.69, 9.17) is 0 Å². The minimum atomic E-state index is -1.19. The molecular weight excluding hydrogens is 194 g/mol. The number of aliphatic carboxylic acids is 1. The molecule has 1 amide bonds. The lowest BCUT2D eigenvalue weighted by atomic mass is 10.2. The van der Waals surface area contributed by atoms with Gasteiger partial charge in [0.25, 0.3) is 0 Å². The standard InChI is InChI=1S/C11H17NO3/c1-2-9(11(14)15)8-12-7-5-3-4-6-10(12)13/h8H,2-7H2,1H3,(H,14,15)/p-1. The molecule has 0 saturated carbocycles. The van der Waals surface area contributed by atoms with Crippen LogP contribution in [-0.2, 0) is 9.59 Å². The van der Waals surface area contributed by atoms with Crippen LogP contribution in [0.15, 0.2) is 11.8 Å². The van der Waals surface area contributed by atoms with E-state index in [0.717, 1.165) is 19.3 Å². The summed E-state index contributed by atoms with van der Waals surface area (Å²) in [6.07, 6.45) is 5.20. The Hall–Kier alpha value is -1.32. The van der Waals surface area contributed by atoms with Crippen molar-refractivity contribution in [1.82, 2.24) is 4.90 Å². The summed E-state index contributed by atoms with van der Waals surface area (Å²) in [4.78, 5) is 23.8. The van der Waals surface area contributed by atoms with E-state index in [1.54, 1.807) is 6.92 Å². The zero-order valence-electron chi connectivity index (χ0n) is 8.99. The molecule has 1 aliphatic heterocycles. The van der Waals surface area contributed by atoms with Crippen LogP contribution in [0.25, 0.3) is 0 Å². The van der Waals surface area contributed by atoms with E-state index in [1.165, 1.54) is 11.1 Å². The number of hydrogen-bond donors (Lipinski definition) is 0. The van der Waals surface area contributed by atoms with Crippen LogP contribution in [0.2, 0.25) is 0 Å². The Labute approximate surface area is 89.6 Å². The average Bonchev–Trinajstić information content (AvgIpc) is 2.39. The van der Waals surface area contributed by atoms with Crippen molar-refractivity contribution in [1.29, 1.82) is 0 Å². The number of likely N-dealkylation sites (tertiary alicyclic amines) is 1. The molecule has 0 atom stereocenters. The summed E-state index contributed by atoms with van der Waals surface area (Å²) < 4.78 is 0. The van der Waals surface area contributed by atoms with Crippen molar-refractivity contribution in [3.05, 3.63) is 11.8 Å². The van der Waals surface area contributed by atoms with E-state index in [0.29, 0.717) is 19.4 Å². The lowest BCUT2D eigenvalue weighted by molar-refractivity contribution is -0.299. The van der Waals surface area contributed by atoms with Gasteiger partial charge in [0, 0.05) is 19.2 Å². The van der Waals surface area contributed by atoms with Gasteiger partial charge in [-0.3, -0.25) is 4.79 Å². The molecular formula is C11H16NO3-. The molecule has 0 aliphatic carbocycles. The number of nitrogens with zero attached hydrogens (tertiary/aromatic N) is 1. The Morgan fingerprint density at radius 2 is 2.20 bits per heavy atom. The number of carboxylic acids is 1. The Bertz CT molecular complexity index is 284. The molecule has 0 spiro atoms. The lowest BCUT2D eigenvalue weighted by Crippen LogP contribution is -2.29. The minimum absolute atomic E-state index is 0.0136. The van der Waals surface area contributed by atoms with E-state index in [2.05, 4.69) is 0 Å². The third-order valence-electron chi connectivity index (χ3n) is 2.56. The van der Waals surface area contributed by atoms with E-state index < -0.39 is 5.97 Å². The molecule has 84 valence electrons. The van der Waals surface area contributed by atoms with Crippen LogP contribution >= 0.6 is 0 Å². The molecule has 1 aliphatic rings. The molecule has 1 rings (SSSR count). The molecule has 1 heterocycles. The number of hydrogen-bond acceptors (Lipinski definition) is 3. The van der Waals surface area contributed by atoms with Crippen molar-refractivity contribution in [3.63, 3.8) is 0 Å². The monoisotopic (exact) mass is 210 g/mol. The van der Waals surface area contributed by atoms with Crippen LogP contribution in [0.4, 0.5) is 0 Å². The van der Waals surface area contributed by atoms with Gasteiger partial charge >= 0.3 is 0 Å². The summed E-state index contributed by atoms with van der Waals surface area (Å²) in [5.74, 6) is -1.17. The quantitative estimate of drug-likeness (QED) is 0.635. The Morgan fingerprint density at radius 3 is 2.80 bits per heavy atom. The average molecular weight is 210 g/mol. The predicted octanol–water partition coefficient (Wildman–Crippen LogP) is 0.433. The van der Waals surface area contributed by atoms with Crippen molar-refractivity contribution >= 4 is 11.9 Å². The normalized spacial score (nSPS) is 18.9. The molecule has 4 nitrogen and oxygen atoms in total. The summed E-state index contributed by atoms with van der Waals surface area (Å²) in [6.45, 7) is 2.36. The van der Waals surface area contributed by atoms with Gasteiger partial charge < -0.3 is 14.8 Å². The molecule has 0 aromatic rings. The van der Waals surface area contributed by atoms with Gasteiger partial charge in [0.15, 0.2) is 0 Å². The molecule has 0 aromatic heterocycles. The molecule has 0 N–H and O–H groups in total. The Kier molecular flexibility index (Phi) is 4.34. The summed E-state index contributed by atoms with van der Waals surface area (Å²) in [5, 5.41) is 10.7. The highest BCUT2D eigenvalue weighted by Gasteiger charge is 2.14. The molecule has 0 radical (unpaired) electrons. The van der Waals surface area contributed by atoms with Crippen LogP contribution in [0.1, 0.15) is 39.0 Å². The second kappa shape index (κ2) is 5.53. The maximum atomic E-state index is 11.6. The first-order valence-electron chi connectivity index (χ1n) is 5.36. The van der Waals surface area contributed by atoms with E-state index in [-0.39, 0.29) is 11.5 Å². The fraction of sp³-hybridized carbons (Fsp3) is 0.636. The van der Waals surface area contributed by atoms with E-state index in [9.17, 15) is 14.7 Å². The summed E-state index contributed by atoms with van der Waals surface area (Å²) >= 11 is 0. The van der Waals surface area contributed by atoms with Gasteiger partial charge in [0.1, 0.15) is 0 Å². The second-order valence-corrected chi connectivity index (χ2v) is 3.69. The molecule has 0 bridgehead atoms. The highest BCUT2D eigenvalue weighted by molar-refractivity contribution is 5.86. The molecule has 1 saturated heterocycles. The third-order valence-corrected chi connectivity index (χ3v) is 2.56. The maximum Gasteiger partial charge on any atom is 0.226 e. The first-order valence-corrected chi connectivity index (χ1v) is 5.36. The number of amides is 1. The van der Waals surface area contributed by atoms with E-state index in [1.807, 2.05) is 0 Å². The molecule has 15 heavy (non-hydrogen) atoms. The van der Waals surface area contributed by atoms with Gasteiger partial charge in [-0.2, -0.15) is 0 Å². The first-order chi connectivity index (χ1) is 7.15. The first kappa shape index (κ1) is 11.8. The summed E-state index contributed by atoms with van der Waals surface area (Å²) in [7, 11) is 0. The van der Waals surface area contributed by atoms with Crippen LogP contribution in [-0.4, -0.2) is 23.3 Å². The number of carbonyl (C=O) groups is 2. The third kappa shape index (κ3) is 3.38. The lowest BCUT2D eigenvalue weighted by Gasteiger charge is -2.18. The molecule has 0 aromatic carbocycles. The Morgan fingerprint density at radius 1 is 1.47 bits per heavy atom. The summed E-state index contributed by atoms with van der Waals surface area (Å²) in [6, 6.07) is 0. The van der Waals surface area contributed by atoms with Crippen LogP contribution in [0.5, 0.6) is 0 Å². The van der Waals surface area contributed by atoms with Gasteiger partial charge in [0.05, 0.1) is 5.97 Å². The highest BCUT2D eigenvalue weighted by Crippen LogP contribution is 2.13. The SMILES string of the molecule is CCC(=CN1CCCCCC1=O)C(=O)[O-]. The topological polar surface area (TPSA) is 60.4 Å². The minimum Gasteiger partial charge on any atom is -0.545 e. The summed E-state index contributed by atoms with van der Waals surface area (Å²) in [5.41, 5.74) is 0.185. The van der Waals surface area contributed by atoms with Crippen LogP contribution < -0.4 is 5.11 Å². The van der Waals surface area contributed by atoms with Gasteiger partial charge in [-0.25, -0.2) is 0 Å². The molecule has 0 unspecified atom stereocenters. The fourth-order valence-corrected chi connectivity index (χ4v) is 1.62. The second-order valence-electron chi connectivity index (χ2n) is 3.69. The Balaban J connectivity index is 2.75. The van der Waals surface area contributed by atoms with E-state index >= 15 is 0 Å². The van der Waals surface area contributed by atoms with Gasteiger partial charge in [-0.05, 0) is 24.8 Å². The van der Waals surface area contributed by atoms with Gasteiger partial charge in [0.2, 0.25) is 5.91 Å². The number of carbonyl (C=O) groups excluding carboxylic acids is 2. The van der Waals surface area contributed by atoms with Crippen molar-refractivity contribution in [2.75, 3.05) is 6.54 Å². The fourth-order valence-electron chi connectivity index (χ4n) is 1.62.